The monoisotopic (exact) mass is 271 g/mol. The number of nitrogens with one attached hydrogen (secondary N) is 1. The summed E-state index contributed by atoms with van der Waals surface area (Å²) in [6.07, 6.45) is -3.75. The molecule has 0 unspecified atom stereocenters. The standard InChI is InChI=1S/C13H12F3NS/c14-13(15,16)12(5-6-12)17-7-9-8-18-11-4-2-1-3-10(9)11/h1-4,8,17H,5-7H2. The Kier molecular flexibility index (Phi) is 2.64. The van der Waals surface area contributed by atoms with Crippen LogP contribution in [0.4, 0.5) is 13.2 Å². The van der Waals surface area contributed by atoms with Gasteiger partial charge in [0.15, 0.2) is 0 Å². The van der Waals surface area contributed by atoms with E-state index in [0.717, 1.165) is 15.6 Å². The first-order valence-electron chi connectivity index (χ1n) is 5.79. The molecule has 1 aliphatic carbocycles. The second-order valence-corrected chi connectivity index (χ2v) is 5.60. The highest BCUT2D eigenvalue weighted by Crippen LogP contribution is 2.49. The van der Waals surface area contributed by atoms with Gasteiger partial charge in [-0.15, -0.1) is 11.3 Å². The maximum absolute atomic E-state index is 12.8. The van der Waals surface area contributed by atoms with Gasteiger partial charge < -0.3 is 0 Å². The van der Waals surface area contributed by atoms with Crippen molar-refractivity contribution in [2.45, 2.75) is 31.1 Å². The molecule has 0 bridgehead atoms. The van der Waals surface area contributed by atoms with Gasteiger partial charge in [-0.25, -0.2) is 0 Å². The van der Waals surface area contributed by atoms with Crippen LogP contribution < -0.4 is 5.32 Å². The van der Waals surface area contributed by atoms with Gasteiger partial charge in [0, 0.05) is 11.2 Å². The van der Waals surface area contributed by atoms with E-state index in [-0.39, 0.29) is 19.4 Å². The zero-order chi connectivity index (χ0) is 12.8. The van der Waals surface area contributed by atoms with Crippen molar-refractivity contribution in [3.05, 3.63) is 35.2 Å². The maximum atomic E-state index is 12.8. The normalized spacial score (nSPS) is 18.2. The summed E-state index contributed by atoms with van der Waals surface area (Å²) in [5.41, 5.74) is -0.679. The first-order chi connectivity index (χ1) is 8.52. The van der Waals surface area contributed by atoms with E-state index in [9.17, 15) is 13.2 Å². The van der Waals surface area contributed by atoms with E-state index in [1.165, 1.54) is 0 Å². The molecular weight excluding hydrogens is 259 g/mol. The molecule has 1 aliphatic rings. The Hall–Kier alpha value is -1.07. The lowest BCUT2D eigenvalue weighted by Gasteiger charge is -2.20. The molecule has 1 heterocycles. The largest absolute Gasteiger partial charge is 0.406 e. The number of fused-ring (bicyclic) bond motifs is 1. The molecule has 1 fully saturated rings. The van der Waals surface area contributed by atoms with Crippen LogP contribution in [0.2, 0.25) is 0 Å². The Bertz CT molecular complexity index is 569. The molecule has 1 N–H and O–H groups in total. The van der Waals surface area contributed by atoms with E-state index in [0.29, 0.717) is 0 Å². The molecule has 0 saturated heterocycles. The summed E-state index contributed by atoms with van der Waals surface area (Å²) < 4.78 is 39.5. The first kappa shape index (κ1) is 12.0. The van der Waals surface area contributed by atoms with Crippen molar-refractivity contribution < 1.29 is 13.2 Å². The zero-order valence-corrected chi connectivity index (χ0v) is 10.4. The van der Waals surface area contributed by atoms with Crippen molar-refractivity contribution in [1.29, 1.82) is 0 Å². The Balaban J connectivity index is 1.78. The van der Waals surface area contributed by atoms with Crippen LogP contribution in [0.15, 0.2) is 29.6 Å². The van der Waals surface area contributed by atoms with Crippen molar-refractivity contribution in [1.82, 2.24) is 5.32 Å². The molecule has 1 aromatic heterocycles. The van der Waals surface area contributed by atoms with Crippen molar-refractivity contribution in [3.63, 3.8) is 0 Å². The highest BCUT2D eigenvalue weighted by atomic mass is 32.1. The van der Waals surface area contributed by atoms with E-state index in [2.05, 4.69) is 5.32 Å². The van der Waals surface area contributed by atoms with Crippen LogP contribution in [0.1, 0.15) is 18.4 Å². The Morgan fingerprint density at radius 2 is 1.94 bits per heavy atom. The quantitative estimate of drug-likeness (QED) is 0.886. The molecule has 0 spiro atoms. The molecule has 0 aliphatic heterocycles. The minimum atomic E-state index is -4.14. The molecule has 1 aromatic carbocycles. The number of thiophene rings is 1. The molecule has 0 radical (unpaired) electrons. The third-order valence-corrected chi connectivity index (χ3v) is 4.48. The predicted molar refractivity (Wildman–Crippen MR) is 66.7 cm³/mol. The van der Waals surface area contributed by atoms with Crippen molar-refractivity contribution in [2.75, 3.05) is 0 Å². The Labute approximate surface area is 107 Å². The maximum Gasteiger partial charge on any atom is 0.406 e. The minimum Gasteiger partial charge on any atom is -0.299 e. The van der Waals surface area contributed by atoms with Gasteiger partial charge in [-0.05, 0) is 35.2 Å². The summed E-state index contributed by atoms with van der Waals surface area (Å²) in [7, 11) is 0. The van der Waals surface area contributed by atoms with Crippen LogP contribution in [0, 0.1) is 0 Å². The van der Waals surface area contributed by atoms with E-state index in [4.69, 9.17) is 0 Å². The topological polar surface area (TPSA) is 12.0 Å². The van der Waals surface area contributed by atoms with Crippen LogP contribution in [0.3, 0.4) is 0 Å². The lowest BCUT2D eigenvalue weighted by Crippen LogP contribution is -2.44. The zero-order valence-electron chi connectivity index (χ0n) is 9.55. The van der Waals surface area contributed by atoms with Crippen molar-refractivity contribution >= 4 is 21.4 Å². The molecule has 2 aromatic rings. The summed E-state index contributed by atoms with van der Waals surface area (Å²) in [6, 6.07) is 7.79. The Morgan fingerprint density at radius 3 is 2.61 bits per heavy atom. The fourth-order valence-corrected chi connectivity index (χ4v) is 3.08. The second kappa shape index (κ2) is 3.96. The van der Waals surface area contributed by atoms with Crippen LogP contribution in [-0.4, -0.2) is 11.7 Å². The van der Waals surface area contributed by atoms with Gasteiger partial charge >= 0.3 is 6.18 Å². The molecule has 5 heteroatoms. The van der Waals surface area contributed by atoms with Gasteiger partial charge in [0.05, 0.1) is 0 Å². The summed E-state index contributed by atoms with van der Waals surface area (Å²) in [5, 5.41) is 5.67. The van der Waals surface area contributed by atoms with E-state index in [1.807, 2.05) is 29.6 Å². The fourth-order valence-electron chi connectivity index (χ4n) is 2.12. The molecule has 3 rings (SSSR count). The number of hydrogen-bond donors (Lipinski definition) is 1. The summed E-state index contributed by atoms with van der Waals surface area (Å²) in [5.74, 6) is 0. The SMILES string of the molecule is FC(F)(F)C1(NCc2csc3ccccc23)CC1. The molecule has 0 atom stereocenters. The number of hydrogen-bond acceptors (Lipinski definition) is 2. The molecule has 1 saturated carbocycles. The third kappa shape index (κ3) is 1.91. The number of alkyl halides is 3. The van der Waals surface area contributed by atoms with Gasteiger partial charge in [-0.2, -0.15) is 13.2 Å². The number of halogens is 3. The average molecular weight is 271 g/mol. The van der Waals surface area contributed by atoms with E-state index >= 15 is 0 Å². The Morgan fingerprint density at radius 1 is 1.22 bits per heavy atom. The predicted octanol–water partition coefficient (Wildman–Crippen LogP) is 4.09. The highest BCUT2D eigenvalue weighted by molar-refractivity contribution is 7.17. The number of rotatable bonds is 3. The van der Waals surface area contributed by atoms with Crippen molar-refractivity contribution in [2.24, 2.45) is 0 Å². The lowest BCUT2D eigenvalue weighted by atomic mass is 10.1. The minimum absolute atomic E-state index is 0.193. The van der Waals surface area contributed by atoms with Gasteiger partial charge in [0.2, 0.25) is 0 Å². The summed E-state index contributed by atoms with van der Waals surface area (Å²) >= 11 is 1.57. The average Bonchev–Trinajstić information content (AvgIpc) is 3.02. The highest BCUT2D eigenvalue weighted by Gasteiger charge is 2.62. The van der Waals surface area contributed by atoms with Crippen LogP contribution in [0.25, 0.3) is 10.1 Å². The first-order valence-corrected chi connectivity index (χ1v) is 6.67. The lowest BCUT2D eigenvalue weighted by molar-refractivity contribution is -0.166. The molecule has 96 valence electrons. The van der Waals surface area contributed by atoms with Gasteiger partial charge in [-0.1, -0.05) is 18.2 Å². The summed E-state index contributed by atoms with van der Waals surface area (Å²) in [4.78, 5) is 0. The smallest absolute Gasteiger partial charge is 0.299 e. The van der Waals surface area contributed by atoms with Crippen molar-refractivity contribution in [3.8, 4) is 0 Å². The van der Waals surface area contributed by atoms with E-state index < -0.39 is 11.7 Å². The third-order valence-electron chi connectivity index (χ3n) is 3.47. The van der Waals surface area contributed by atoms with Gasteiger partial charge in [-0.3, -0.25) is 5.32 Å². The fraction of sp³-hybridized carbons (Fsp3) is 0.385. The second-order valence-electron chi connectivity index (χ2n) is 4.69. The van der Waals surface area contributed by atoms with Gasteiger partial charge in [0.1, 0.15) is 5.54 Å². The number of benzene rings is 1. The van der Waals surface area contributed by atoms with Crippen LogP contribution in [-0.2, 0) is 6.54 Å². The molecular formula is C13H12F3NS. The van der Waals surface area contributed by atoms with E-state index in [1.54, 1.807) is 11.3 Å². The van der Waals surface area contributed by atoms with Crippen LogP contribution in [0.5, 0.6) is 0 Å². The summed E-state index contributed by atoms with van der Waals surface area (Å²) in [6.45, 7) is 0.281. The molecule has 0 amide bonds. The van der Waals surface area contributed by atoms with Crippen LogP contribution >= 0.6 is 11.3 Å². The van der Waals surface area contributed by atoms with Gasteiger partial charge in [0.25, 0.3) is 0 Å². The molecule has 18 heavy (non-hydrogen) atoms. The molecule has 1 nitrogen and oxygen atoms in total.